The Balaban J connectivity index is 1.77. The molecule has 2 fully saturated rings. The molecule has 146 valence electrons. The van der Waals surface area contributed by atoms with E-state index in [2.05, 4.69) is 22.8 Å². The summed E-state index contributed by atoms with van der Waals surface area (Å²) in [5.41, 5.74) is 1.64. The lowest BCUT2D eigenvalue weighted by Crippen LogP contribution is -2.55. The number of rotatable bonds is 7. The van der Waals surface area contributed by atoms with Crippen molar-refractivity contribution in [2.24, 2.45) is 5.92 Å². The van der Waals surface area contributed by atoms with E-state index in [-0.39, 0.29) is 17.9 Å². The van der Waals surface area contributed by atoms with Gasteiger partial charge in [0.05, 0.1) is 0 Å². The maximum atomic E-state index is 13.4. The molecule has 2 heterocycles. The summed E-state index contributed by atoms with van der Waals surface area (Å²) in [6.07, 6.45) is 6.30. The van der Waals surface area contributed by atoms with Gasteiger partial charge in [0.1, 0.15) is 5.54 Å². The normalized spacial score (nSPS) is 23.4. The molecule has 0 aliphatic carbocycles. The summed E-state index contributed by atoms with van der Waals surface area (Å²) < 4.78 is 0. The van der Waals surface area contributed by atoms with Crippen molar-refractivity contribution in [1.82, 2.24) is 15.5 Å². The van der Waals surface area contributed by atoms with Crippen LogP contribution >= 0.6 is 0 Å². The average molecular weight is 370 g/mol. The summed E-state index contributed by atoms with van der Waals surface area (Å²) in [6, 6.07) is 10.1. The topological polar surface area (TPSA) is 61.4 Å². The molecule has 0 unspecified atom stereocenters. The third-order valence-electron chi connectivity index (χ3n) is 5.80. The van der Waals surface area contributed by atoms with Gasteiger partial charge >= 0.3 is 6.03 Å². The SMILES string of the molecule is CC(C)=CCN1C(=O)N[C@@](CCCc2ccccc2)(C2CCNCC2)C1=O. The standard InChI is InChI=1S/C22H31N3O2/c1-17(2)12-16-25-20(26)22(24-21(25)27,19-10-14-23-15-11-19)13-6-9-18-7-4-3-5-8-18/h3-5,7-8,12,19,23H,6,9-11,13-16H2,1-2H3,(H,24,27)/t22-/m0/s1. The Morgan fingerprint density at radius 2 is 1.89 bits per heavy atom. The number of allylic oxidation sites excluding steroid dienone is 1. The molecule has 1 atom stereocenters. The first-order valence-corrected chi connectivity index (χ1v) is 10.0. The van der Waals surface area contributed by atoms with Crippen LogP contribution in [-0.4, -0.2) is 42.0 Å². The lowest BCUT2D eigenvalue weighted by molar-refractivity contribution is -0.133. The van der Waals surface area contributed by atoms with Gasteiger partial charge in [0.25, 0.3) is 5.91 Å². The first-order chi connectivity index (χ1) is 13.0. The highest BCUT2D eigenvalue weighted by Crippen LogP contribution is 2.36. The van der Waals surface area contributed by atoms with Crippen LogP contribution in [-0.2, 0) is 11.2 Å². The van der Waals surface area contributed by atoms with Crippen LogP contribution in [0.5, 0.6) is 0 Å². The van der Waals surface area contributed by atoms with E-state index in [0.29, 0.717) is 13.0 Å². The smallest absolute Gasteiger partial charge is 0.323 e. The zero-order valence-electron chi connectivity index (χ0n) is 16.5. The minimum Gasteiger partial charge on any atom is -0.323 e. The third kappa shape index (κ3) is 4.41. The van der Waals surface area contributed by atoms with Crippen molar-refractivity contribution < 1.29 is 9.59 Å². The second kappa shape index (κ2) is 8.70. The molecule has 3 amide bonds. The molecule has 2 aliphatic heterocycles. The van der Waals surface area contributed by atoms with Crippen LogP contribution in [0.3, 0.4) is 0 Å². The number of nitrogens with zero attached hydrogens (tertiary/aromatic N) is 1. The number of carbonyl (C=O) groups is 2. The molecule has 1 aromatic carbocycles. The lowest BCUT2D eigenvalue weighted by Gasteiger charge is -2.38. The number of hydrogen-bond donors (Lipinski definition) is 2. The summed E-state index contributed by atoms with van der Waals surface area (Å²) in [7, 11) is 0. The zero-order valence-corrected chi connectivity index (χ0v) is 16.5. The maximum Gasteiger partial charge on any atom is 0.325 e. The third-order valence-corrected chi connectivity index (χ3v) is 5.80. The van der Waals surface area contributed by atoms with Crippen molar-refractivity contribution in [2.75, 3.05) is 19.6 Å². The van der Waals surface area contributed by atoms with E-state index >= 15 is 0 Å². The first-order valence-electron chi connectivity index (χ1n) is 10.0. The van der Waals surface area contributed by atoms with Gasteiger partial charge in [-0.25, -0.2) is 4.79 Å². The summed E-state index contributed by atoms with van der Waals surface area (Å²) >= 11 is 0. The highest BCUT2D eigenvalue weighted by atomic mass is 16.2. The van der Waals surface area contributed by atoms with E-state index in [4.69, 9.17) is 0 Å². The van der Waals surface area contributed by atoms with Crippen molar-refractivity contribution in [2.45, 2.75) is 51.5 Å². The Morgan fingerprint density at radius 3 is 2.56 bits per heavy atom. The number of hydrogen-bond acceptors (Lipinski definition) is 3. The van der Waals surface area contributed by atoms with E-state index < -0.39 is 5.54 Å². The van der Waals surface area contributed by atoms with Crippen LogP contribution < -0.4 is 10.6 Å². The van der Waals surface area contributed by atoms with E-state index in [1.807, 2.05) is 38.1 Å². The Hall–Kier alpha value is -2.14. The minimum atomic E-state index is -0.747. The van der Waals surface area contributed by atoms with Crippen LogP contribution in [0, 0.1) is 5.92 Å². The van der Waals surface area contributed by atoms with Crippen LogP contribution in [0.1, 0.15) is 45.1 Å². The maximum absolute atomic E-state index is 13.4. The summed E-state index contributed by atoms with van der Waals surface area (Å²) in [4.78, 5) is 27.4. The number of amides is 3. The van der Waals surface area contributed by atoms with Gasteiger partial charge in [0, 0.05) is 6.54 Å². The molecule has 2 aliphatic rings. The minimum absolute atomic E-state index is 0.0371. The van der Waals surface area contributed by atoms with Crippen LogP contribution in [0.25, 0.3) is 0 Å². The fraction of sp³-hybridized carbons (Fsp3) is 0.545. The molecule has 5 heteroatoms. The molecule has 27 heavy (non-hydrogen) atoms. The van der Waals surface area contributed by atoms with Crippen molar-refractivity contribution in [3.8, 4) is 0 Å². The first kappa shape index (κ1) is 19.6. The number of aryl methyl sites for hydroxylation is 1. The zero-order chi connectivity index (χ0) is 19.3. The molecule has 0 radical (unpaired) electrons. The molecular formula is C22H31N3O2. The van der Waals surface area contributed by atoms with Crippen molar-refractivity contribution in [3.05, 3.63) is 47.5 Å². The van der Waals surface area contributed by atoms with Crippen molar-refractivity contribution in [3.63, 3.8) is 0 Å². The van der Waals surface area contributed by atoms with Crippen LogP contribution in [0.15, 0.2) is 42.0 Å². The Kier molecular flexibility index (Phi) is 6.32. The second-order valence-electron chi connectivity index (χ2n) is 7.96. The van der Waals surface area contributed by atoms with Gasteiger partial charge in [0.15, 0.2) is 0 Å². The Bertz CT molecular complexity index is 691. The van der Waals surface area contributed by atoms with Gasteiger partial charge in [-0.15, -0.1) is 0 Å². The second-order valence-corrected chi connectivity index (χ2v) is 7.96. The molecule has 2 N–H and O–H groups in total. The average Bonchev–Trinajstić information content (AvgIpc) is 2.92. The van der Waals surface area contributed by atoms with E-state index in [9.17, 15) is 9.59 Å². The number of carbonyl (C=O) groups excluding carboxylic acids is 2. The molecule has 5 nitrogen and oxygen atoms in total. The predicted octanol–water partition coefficient (Wildman–Crippen LogP) is 3.27. The number of urea groups is 1. The van der Waals surface area contributed by atoms with Gasteiger partial charge < -0.3 is 10.6 Å². The molecule has 0 bridgehead atoms. The van der Waals surface area contributed by atoms with Crippen molar-refractivity contribution >= 4 is 11.9 Å². The molecule has 3 rings (SSSR count). The van der Waals surface area contributed by atoms with E-state index in [1.54, 1.807) is 0 Å². The quantitative estimate of drug-likeness (QED) is 0.573. The monoisotopic (exact) mass is 369 g/mol. The van der Waals surface area contributed by atoms with E-state index in [0.717, 1.165) is 44.3 Å². The molecule has 0 aromatic heterocycles. The van der Waals surface area contributed by atoms with Gasteiger partial charge in [0.2, 0.25) is 0 Å². The van der Waals surface area contributed by atoms with Crippen molar-refractivity contribution in [1.29, 1.82) is 0 Å². The lowest BCUT2D eigenvalue weighted by atomic mass is 9.74. The van der Waals surface area contributed by atoms with Gasteiger partial charge in [-0.3, -0.25) is 9.69 Å². The molecule has 0 saturated carbocycles. The van der Waals surface area contributed by atoms with E-state index in [1.165, 1.54) is 10.5 Å². The number of benzene rings is 1. The fourth-order valence-electron chi connectivity index (χ4n) is 4.27. The van der Waals surface area contributed by atoms with Gasteiger partial charge in [-0.2, -0.15) is 0 Å². The van der Waals surface area contributed by atoms with Gasteiger partial charge in [-0.05, 0) is 70.5 Å². The highest BCUT2D eigenvalue weighted by Gasteiger charge is 2.54. The summed E-state index contributed by atoms with van der Waals surface area (Å²) in [6.45, 7) is 6.14. The number of nitrogens with one attached hydrogen (secondary N) is 2. The highest BCUT2D eigenvalue weighted by molar-refractivity contribution is 6.07. The molecular weight excluding hydrogens is 338 g/mol. The summed E-state index contributed by atoms with van der Waals surface area (Å²) in [5, 5.41) is 6.49. The molecule has 2 saturated heterocycles. The summed E-state index contributed by atoms with van der Waals surface area (Å²) in [5.74, 6) is 0.160. The Morgan fingerprint density at radius 1 is 1.19 bits per heavy atom. The largest absolute Gasteiger partial charge is 0.325 e. The Labute approximate surface area is 162 Å². The molecule has 0 spiro atoms. The van der Waals surface area contributed by atoms with Crippen LogP contribution in [0.4, 0.5) is 4.79 Å². The number of piperidine rings is 1. The fourth-order valence-corrected chi connectivity index (χ4v) is 4.27. The van der Waals surface area contributed by atoms with Gasteiger partial charge in [-0.1, -0.05) is 42.0 Å². The molecule has 1 aromatic rings. The number of imide groups is 1. The van der Waals surface area contributed by atoms with Crippen LogP contribution in [0.2, 0.25) is 0 Å². The predicted molar refractivity (Wildman–Crippen MR) is 107 cm³/mol.